The third kappa shape index (κ3) is 3.32. The molecule has 1 amide bonds. The second-order valence-corrected chi connectivity index (χ2v) is 7.79. The number of halogens is 1. The molecule has 0 bridgehead atoms. The Bertz CT molecular complexity index is 703. The number of amides is 1. The van der Waals surface area contributed by atoms with Gasteiger partial charge in [0.2, 0.25) is 17.6 Å². The summed E-state index contributed by atoms with van der Waals surface area (Å²) >= 11 is 3.41. The number of carbonyl (C=O) groups is 1. The van der Waals surface area contributed by atoms with Gasteiger partial charge in [-0.3, -0.25) is 4.79 Å². The van der Waals surface area contributed by atoms with E-state index in [1.165, 1.54) is 0 Å². The Kier molecular flexibility index (Phi) is 4.27. The largest absolute Gasteiger partial charge is 0.337 e. The minimum absolute atomic E-state index is 0.113. The van der Waals surface area contributed by atoms with E-state index in [-0.39, 0.29) is 11.9 Å². The number of carbonyl (C=O) groups excluding carboxylic acids is 1. The van der Waals surface area contributed by atoms with E-state index in [0.717, 1.165) is 29.4 Å². The van der Waals surface area contributed by atoms with Crippen molar-refractivity contribution < 1.29 is 9.32 Å². The summed E-state index contributed by atoms with van der Waals surface area (Å²) in [7, 11) is 0. The molecule has 1 aliphatic heterocycles. The summed E-state index contributed by atoms with van der Waals surface area (Å²) in [6.07, 6.45) is 1.83. The van der Waals surface area contributed by atoms with Crippen LogP contribution in [0.4, 0.5) is 0 Å². The van der Waals surface area contributed by atoms with Crippen LogP contribution in [0.2, 0.25) is 0 Å². The van der Waals surface area contributed by atoms with Crippen molar-refractivity contribution in [2.75, 3.05) is 6.54 Å². The number of hydrogen-bond acceptors (Lipinski definition) is 4. The molecule has 1 saturated heterocycles. The Hall–Kier alpha value is -1.69. The Morgan fingerprint density at radius 1 is 1.30 bits per heavy atom. The molecule has 1 atom stereocenters. The van der Waals surface area contributed by atoms with Crippen molar-refractivity contribution in [3.8, 4) is 11.4 Å². The Balaban J connectivity index is 1.84. The number of nitrogens with zero attached hydrogens (tertiary/aromatic N) is 3. The first-order valence-corrected chi connectivity index (χ1v) is 8.56. The van der Waals surface area contributed by atoms with Crippen LogP contribution in [0.1, 0.15) is 45.5 Å². The number of rotatable bonds is 2. The SMILES string of the molecule is CC(C)(C)C(=O)N1CCCC1c1nc(-c2ccc(Br)cc2)no1. The molecule has 1 unspecified atom stereocenters. The van der Waals surface area contributed by atoms with Crippen LogP contribution in [0.3, 0.4) is 0 Å². The summed E-state index contributed by atoms with van der Waals surface area (Å²) in [5, 5.41) is 4.08. The zero-order valence-corrected chi connectivity index (χ0v) is 15.1. The smallest absolute Gasteiger partial charge is 0.249 e. The van der Waals surface area contributed by atoms with Crippen molar-refractivity contribution in [1.29, 1.82) is 0 Å². The predicted molar refractivity (Wildman–Crippen MR) is 90.6 cm³/mol. The number of likely N-dealkylation sites (tertiary alicyclic amines) is 1. The van der Waals surface area contributed by atoms with E-state index in [2.05, 4.69) is 26.1 Å². The summed E-state index contributed by atoms with van der Waals surface area (Å²) in [5.74, 6) is 1.21. The second kappa shape index (κ2) is 6.07. The standard InChI is InChI=1S/C17H20BrN3O2/c1-17(2,3)16(22)21-10-4-5-13(21)15-19-14(20-23-15)11-6-8-12(18)9-7-11/h6-9,13H,4-5,10H2,1-3H3. The quantitative estimate of drug-likeness (QED) is 0.786. The molecule has 6 heteroatoms. The number of aromatic nitrogens is 2. The van der Waals surface area contributed by atoms with Gasteiger partial charge in [-0.1, -0.05) is 41.9 Å². The van der Waals surface area contributed by atoms with Crippen LogP contribution in [0.5, 0.6) is 0 Å². The van der Waals surface area contributed by atoms with Crippen LogP contribution in [0.15, 0.2) is 33.3 Å². The molecule has 1 fully saturated rings. The fraction of sp³-hybridized carbons (Fsp3) is 0.471. The van der Waals surface area contributed by atoms with Crippen LogP contribution in [-0.2, 0) is 4.79 Å². The first-order chi connectivity index (χ1) is 10.9. The van der Waals surface area contributed by atoms with E-state index in [0.29, 0.717) is 11.7 Å². The Labute approximate surface area is 144 Å². The maximum Gasteiger partial charge on any atom is 0.249 e. The molecule has 122 valence electrons. The molecular formula is C17H20BrN3O2. The predicted octanol–water partition coefficient (Wildman–Crippen LogP) is 4.21. The van der Waals surface area contributed by atoms with Crippen molar-refractivity contribution in [1.82, 2.24) is 15.0 Å². The minimum Gasteiger partial charge on any atom is -0.337 e. The first-order valence-electron chi connectivity index (χ1n) is 7.77. The van der Waals surface area contributed by atoms with Gasteiger partial charge in [-0.2, -0.15) is 4.98 Å². The zero-order chi connectivity index (χ0) is 16.6. The molecule has 2 heterocycles. The van der Waals surface area contributed by atoms with Gasteiger partial charge in [-0.05, 0) is 37.1 Å². The average molecular weight is 378 g/mol. The van der Waals surface area contributed by atoms with E-state index in [1.54, 1.807) is 0 Å². The Morgan fingerprint density at radius 2 is 2.00 bits per heavy atom. The van der Waals surface area contributed by atoms with Gasteiger partial charge in [0.05, 0.1) is 0 Å². The lowest BCUT2D eigenvalue weighted by Gasteiger charge is -2.29. The molecule has 0 radical (unpaired) electrons. The van der Waals surface area contributed by atoms with Crippen molar-refractivity contribution in [2.24, 2.45) is 5.41 Å². The van der Waals surface area contributed by atoms with Crippen molar-refractivity contribution in [2.45, 2.75) is 39.7 Å². The molecule has 5 nitrogen and oxygen atoms in total. The lowest BCUT2D eigenvalue weighted by Crippen LogP contribution is -2.39. The summed E-state index contributed by atoms with van der Waals surface area (Å²) < 4.78 is 6.46. The minimum atomic E-state index is -0.406. The zero-order valence-electron chi connectivity index (χ0n) is 13.5. The van der Waals surface area contributed by atoms with Crippen LogP contribution in [0, 0.1) is 5.41 Å². The second-order valence-electron chi connectivity index (χ2n) is 6.87. The third-order valence-corrected chi connectivity index (χ3v) is 4.51. The van der Waals surface area contributed by atoms with Gasteiger partial charge in [-0.15, -0.1) is 0 Å². The molecule has 23 heavy (non-hydrogen) atoms. The van der Waals surface area contributed by atoms with Gasteiger partial charge in [-0.25, -0.2) is 0 Å². The van der Waals surface area contributed by atoms with Gasteiger partial charge in [0.25, 0.3) is 0 Å². The maximum absolute atomic E-state index is 12.6. The summed E-state index contributed by atoms with van der Waals surface area (Å²) in [6, 6.07) is 7.64. The van der Waals surface area contributed by atoms with Gasteiger partial charge >= 0.3 is 0 Å². The summed E-state index contributed by atoms with van der Waals surface area (Å²) in [6.45, 7) is 6.56. The maximum atomic E-state index is 12.6. The van der Waals surface area contributed by atoms with E-state index in [4.69, 9.17) is 4.52 Å². The fourth-order valence-electron chi connectivity index (χ4n) is 2.78. The van der Waals surface area contributed by atoms with Gasteiger partial charge in [0, 0.05) is 22.0 Å². The van der Waals surface area contributed by atoms with Crippen molar-refractivity contribution >= 4 is 21.8 Å². The fourth-order valence-corrected chi connectivity index (χ4v) is 3.05. The molecule has 1 aromatic carbocycles. The molecule has 1 aliphatic rings. The van der Waals surface area contributed by atoms with E-state index < -0.39 is 5.41 Å². The molecule has 1 aromatic heterocycles. The summed E-state index contributed by atoms with van der Waals surface area (Å²) in [4.78, 5) is 19.0. The molecule has 3 rings (SSSR count). The van der Waals surface area contributed by atoms with Crippen LogP contribution in [-0.4, -0.2) is 27.5 Å². The van der Waals surface area contributed by atoms with E-state index in [9.17, 15) is 4.79 Å². The van der Waals surface area contributed by atoms with Crippen LogP contribution >= 0.6 is 15.9 Å². The van der Waals surface area contributed by atoms with Crippen LogP contribution < -0.4 is 0 Å². The highest BCUT2D eigenvalue weighted by atomic mass is 79.9. The lowest BCUT2D eigenvalue weighted by molar-refractivity contribution is -0.140. The summed E-state index contributed by atoms with van der Waals surface area (Å²) in [5.41, 5.74) is 0.492. The molecule has 0 spiro atoms. The highest BCUT2D eigenvalue weighted by molar-refractivity contribution is 9.10. The number of benzene rings is 1. The molecule has 0 saturated carbocycles. The van der Waals surface area contributed by atoms with Gasteiger partial charge in [0.15, 0.2) is 0 Å². The third-order valence-electron chi connectivity index (χ3n) is 3.98. The topological polar surface area (TPSA) is 59.2 Å². The molecular weight excluding hydrogens is 358 g/mol. The lowest BCUT2D eigenvalue weighted by atomic mass is 9.94. The Morgan fingerprint density at radius 3 is 2.65 bits per heavy atom. The monoisotopic (exact) mass is 377 g/mol. The van der Waals surface area contributed by atoms with Gasteiger partial charge < -0.3 is 9.42 Å². The van der Waals surface area contributed by atoms with E-state index >= 15 is 0 Å². The van der Waals surface area contributed by atoms with Crippen molar-refractivity contribution in [3.63, 3.8) is 0 Å². The average Bonchev–Trinajstić information content (AvgIpc) is 3.15. The van der Waals surface area contributed by atoms with Gasteiger partial charge in [0.1, 0.15) is 6.04 Å². The van der Waals surface area contributed by atoms with Crippen molar-refractivity contribution in [3.05, 3.63) is 34.6 Å². The molecule has 2 aromatic rings. The molecule has 0 aliphatic carbocycles. The highest BCUT2D eigenvalue weighted by Crippen LogP contribution is 2.35. The number of hydrogen-bond donors (Lipinski definition) is 0. The highest BCUT2D eigenvalue weighted by Gasteiger charge is 2.38. The normalized spacial score (nSPS) is 18.4. The van der Waals surface area contributed by atoms with E-state index in [1.807, 2.05) is 49.9 Å². The molecule has 0 N–H and O–H groups in total. The first kappa shape index (κ1) is 16.2. The van der Waals surface area contributed by atoms with Crippen LogP contribution in [0.25, 0.3) is 11.4 Å².